The molecule has 0 spiro atoms. The van der Waals surface area contributed by atoms with Gasteiger partial charge in [0.1, 0.15) is 5.82 Å². The Balaban J connectivity index is 0.00000180. The first kappa shape index (κ1) is 15.4. The number of hydrogen-bond donors (Lipinski definition) is 1. The summed E-state index contributed by atoms with van der Waals surface area (Å²) < 4.78 is 13.4. The molecule has 0 aliphatic rings. The summed E-state index contributed by atoms with van der Waals surface area (Å²) >= 11 is 5.76. The number of carbonyl (C=O) groups is 1. The third-order valence-corrected chi connectivity index (χ3v) is 2.62. The molecule has 0 radical (unpaired) electrons. The van der Waals surface area contributed by atoms with Crippen molar-refractivity contribution in [3.05, 3.63) is 64.7 Å². The Kier molecular flexibility index (Phi) is 5.73. The van der Waals surface area contributed by atoms with Crippen LogP contribution >= 0.6 is 24.0 Å². The molecule has 1 heterocycles. The molecular weight excluding hydrogens is 290 g/mol. The van der Waals surface area contributed by atoms with E-state index in [4.69, 9.17) is 11.6 Å². The van der Waals surface area contributed by atoms with Gasteiger partial charge in [-0.1, -0.05) is 11.6 Å². The molecule has 0 saturated carbocycles. The number of nitrogens with one attached hydrogen (secondary N) is 1. The van der Waals surface area contributed by atoms with Gasteiger partial charge in [0.25, 0.3) is 5.91 Å². The normalized spacial score (nSPS) is 9.58. The Labute approximate surface area is 121 Å². The lowest BCUT2D eigenvalue weighted by Gasteiger charge is -2.06. The summed E-state index contributed by atoms with van der Waals surface area (Å²) in [5.41, 5.74) is 0.831. The fourth-order valence-electron chi connectivity index (χ4n) is 1.46. The molecular formula is C13H11Cl2FN2O. The van der Waals surface area contributed by atoms with Crippen LogP contribution in [0.3, 0.4) is 0 Å². The molecule has 3 nitrogen and oxygen atoms in total. The van der Waals surface area contributed by atoms with Crippen molar-refractivity contribution in [3.63, 3.8) is 0 Å². The fourth-order valence-corrected chi connectivity index (χ4v) is 1.65. The molecule has 0 saturated heterocycles. The molecule has 1 aromatic heterocycles. The number of hydrogen-bond acceptors (Lipinski definition) is 2. The van der Waals surface area contributed by atoms with Crippen LogP contribution in [0.15, 0.2) is 42.7 Å². The molecule has 0 unspecified atom stereocenters. The van der Waals surface area contributed by atoms with Gasteiger partial charge < -0.3 is 5.32 Å². The molecule has 100 valence electrons. The van der Waals surface area contributed by atoms with E-state index in [1.807, 2.05) is 0 Å². The highest BCUT2D eigenvalue weighted by atomic mass is 35.5. The van der Waals surface area contributed by atoms with Gasteiger partial charge in [0.2, 0.25) is 0 Å². The zero-order valence-electron chi connectivity index (χ0n) is 9.77. The van der Waals surface area contributed by atoms with Gasteiger partial charge in [0.05, 0.1) is 0 Å². The van der Waals surface area contributed by atoms with Crippen molar-refractivity contribution in [1.82, 2.24) is 10.3 Å². The van der Waals surface area contributed by atoms with Crippen molar-refractivity contribution in [2.24, 2.45) is 0 Å². The Bertz CT molecular complexity index is 564. The van der Waals surface area contributed by atoms with Gasteiger partial charge in [0, 0.05) is 35.1 Å². The van der Waals surface area contributed by atoms with E-state index in [0.29, 0.717) is 16.1 Å². The zero-order chi connectivity index (χ0) is 13.0. The Morgan fingerprint density at radius 2 is 1.95 bits per heavy atom. The van der Waals surface area contributed by atoms with E-state index >= 15 is 0 Å². The molecule has 0 bridgehead atoms. The third kappa shape index (κ3) is 4.19. The molecule has 0 aliphatic carbocycles. The van der Waals surface area contributed by atoms with Gasteiger partial charge in [-0.25, -0.2) is 4.39 Å². The summed E-state index contributed by atoms with van der Waals surface area (Å²) in [6.45, 7) is 0.0908. The van der Waals surface area contributed by atoms with Crippen molar-refractivity contribution in [1.29, 1.82) is 0 Å². The first-order chi connectivity index (χ1) is 8.66. The lowest BCUT2D eigenvalue weighted by atomic mass is 10.2. The monoisotopic (exact) mass is 300 g/mol. The second-order valence-electron chi connectivity index (χ2n) is 3.65. The number of carbonyl (C=O) groups excluding carboxylic acids is 1. The molecule has 2 rings (SSSR count). The minimum atomic E-state index is -0.394. The summed E-state index contributed by atoms with van der Waals surface area (Å²) in [7, 11) is 0. The minimum Gasteiger partial charge on any atom is -0.348 e. The predicted octanol–water partition coefficient (Wildman–Crippen LogP) is 3.23. The smallest absolute Gasteiger partial charge is 0.251 e. The van der Waals surface area contributed by atoms with Crippen LogP contribution in [0.25, 0.3) is 0 Å². The highest BCUT2D eigenvalue weighted by Gasteiger charge is 2.07. The van der Waals surface area contributed by atoms with E-state index in [0.717, 1.165) is 0 Å². The number of aromatic nitrogens is 1. The summed E-state index contributed by atoms with van der Waals surface area (Å²) in [6, 6.07) is 7.40. The Morgan fingerprint density at radius 1 is 1.26 bits per heavy atom. The Morgan fingerprint density at radius 3 is 2.63 bits per heavy atom. The molecule has 6 heteroatoms. The average Bonchev–Trinajstić information content (AvgIpc) is 2.40. The van der Waals surface area contributed by atoms with Crippen LogP contribution in [0.2, 0.25) is 5.02 Å². The van der Waals surface area contributed by atoms with E-state index in [2.05, 4.69) is 10.3 Å². The molecule has 0 atom stereocenters. The van der Waals surface area contributed by atoms with Crippen LogP contribution in [-0.2, 0) is 6.54 Å². The molecule has 19 heavy (non-hydrogen) atoms. The van der Waals surface area contributed by atoms with Gasteiger partial charge in [-0.3, -0.25) is 9.78 Å². The van der Waals surface area contributed by atoms with E-state index in [1.54, 1.807) is 12.1 Å². The van der Waals surface area contributed by atoms with E-state index in [-0.39, 0.29) is 24.9 Å². The van der Waals surface area contributed by atoms with Crippen molar-refractivity contribution in [2.45, 2.75) is 6.54 Å². The number of halogens is 3. The molecule has 1 amide bonds. The lowest BCUT2D eigenvalue weighted by Crippen LogP contribution is -2.23. The highest BCUT2D eigenvalue weighted by Crippen LogP contribution is 2.14. The van der Waals surface area contributed by atoms with Gasteiger partial charge in [0.15, 0.2) is 0 Å². The van der Waals surface area contributed by atoms with Crippen LogP contribution in [0.1, 0.15) is 15.9 Å². The number of rotatable bonds is 3. The summed E-state index contributed by atoms with van der Waals surface area (Å²) in [5, 5.41) is 3.05. The predicted molar refractivity (Wildman–Crippen MR) is 74.1 cm³/mol. The number of benzene rings is 1. The van der Waals surface area contributed by atoms with Crippen LogP contribution < -0.4 is 5.32 Å². The maximum atomic E-state index is 13.4. The SMILES string of the molecule is Cl.O=C(NCc1cc(Cl)ccc1F)c1ccncc1. The van der Waals surface area contributed by atoms with Crippen LogP contribution in [0.5, 0.6) is 0 Å². The Hall–Kier alpha value is -1.65. The van der Waals surface area contributed by atoms with Crippen molar-refractivity contribution in [3.8, 4) is 0 Å². The highest BCUT2D eigenvalue weighted by molar-refractivity contribution is 6.30. The molecule has 1 N–H and O–H groups in total. The molecule has 0 aliphatic heterocycles. The van der Waals surface area contributed by atoms with Crippen molar-refractivity contribution >= 4 is 29.9 Å². The van der Waals surface area contributed by atoms with Crippen LogP contribution in [-0.4, -0.2) is 10.9 Å². The maximum absolute atomic E-state index is 13.4. The standard InChI is InChI=1S/C13H10ClFN2O.ClH/c14-11-1-2-12(15)10(7-11)8-17-13(18)9-3-5-16-6-4-9;/h1-7H,8H2,(H,17,18);1H. The molecule has 2 aromatic rings. The number of nitrogens with zero attached hydrogens (tertiary/aromatic N) is 1. The van der Waals surface area contributed by atoms with E-state index in [9.17, 15) is 9.18 Å². The summed E-state index contributed by atoms with van der Waals surface area (Å²) in [4.78, 5) is 15.5. The van der Waals surface area contributed by atoms with Gasteiger partial charge in [-0.2, -0.15) is 0 Å². The zero-order valence-corrected chi connectivity index (χ0v) is 11.3. The molecule has 1 aromatic carbocycles. The second kappa shape index (κ2) is 7.07. The van der Waals surface area contributed by atoms with Crippen LogP contribution in [0.4, 0.5) is 4.39 Å². The fraction of sp³-hybridized carbons (Fsp3) is 0.0769. The quantitative estimate of drug-likeness (QED) is 0.945. The van der Waals surface area contributed by atoms with E-state index < -0.39 is 5.82 Å². The maximum Gasteiger partial charge on any atom is 0.251 e. The van der Waals surface area contributed by atoms with Gasteiger partial charge >= 0.3 is 0 Å². The number of amides is 1. The summed E-state index contributed by atoms with van der Waals surface area (Å²) in [6.07, 6.45) is 3.05. The topological polar surface area (TPSA) is 42.0 Å². The summed E-state index contributed by atoms with van der Waals surface area (Å²) in [5.74, 6) is -0.675. The van der Waals surface area contributed by atoms with Crippen molar-refractivity contribution < 1.29 is 9.18 Å². The van der Waals surface area contributed by atoms with Gasteiger partial charge in [-0.15, -0.1) is 12.4 Å². The molecule has 0 fully saturated rings. The second-order valence-corrected chi connectivity index (χ2v) is 4.09. The average molecular weight is 301 g/mol. The van der Waals surface area contributed by atoms with Gasteiger partial charge in [-0.05, 0) is 30.3 Å². The first-order valence-electron chi connectivity index (χ1n) is 5.29. The van der Waals surface area contributed by atoms with Crippen molar-refractivity contribution in [2.75, 3.05) is 0 Å². The number of pyridine rings is 1. The van der Waals surface area contributed by atoms with Crippen LogP contribution in [0, 0.1) is 5.82 Å². The largest absolute Gasteiger partial charge is 0.348 e. The minimum absolute atomic E-state index is 0. The first-order valence-corrected chi connectivity index (χ1v) is 5.67. The lowest BCUT2D eigenvalue weighted by molar-refractivity contribution is 0.0950. The van der Waals surface area contributed by atoms with E-state index in [1.165, 1.54) is 30.6 Å². The third-order valence-electron chi connectivity index (χ3n) is 2.39.